The summed E-state index contributed by atoms with van der Waals surface area (Å²) in [6.45, 7) is 5.02. The first-order valence-electron chi connectivity index (χ1n) is 9.60. The number of nitrogens with zero attached hydrogens (tertiary/aromatic N) is 5. The van der Waals surface area contributed by atoms with Gasteiger partial charge in [-0.05, 0) is 39.2 Å². The summed E-state index contributed by atoms with van der Waals surface area (Å²) < 4.78 is 3.89. The molecule has 4 rings (SSSR count). The van der Waals surface area contributed by atoms with Gasteiger partial charge in [0.05, 0.1) is 17.9 Å². The first-order chi connectivity index (χ1) is 12.5. The topological polar surface area (TPSA) is 68.0 Å². The van der Waals surface area contributed by atoms with E-state index in [1.54, 1.807) is 0 Å². The lowest BCUT2D eigenvalue weighted by Crippen LogP contribution is -2.52. The number of amides is 1. The molecule has 7 nitrogen and oxygen atoms in total. The van der Waals surface area contributed by atoms with E-state index >= 15 is 0 Å². The van der Waals surface area contributed by atoms with Crippen LogP contribution in [0.2, 0.25) is 0 Å². The number of hydrogen-bond donors (Lipinski definition) is 1. The van der Waals surface area contributed by atoms with Crippen LogP contribution in [0.1, 0.15) is 62.9 Å². The van der Waals surface area contributed by atoms with Crippen LogP contribution in [-0.2, 0) is 18.4 Å². The fraction of sp³-hybridized carbons (Fsp3) is 0.632. The van der Waals surface area contributed by atoms with Crippen molar-refractivity contribution in [2.75, 3.05) is 0 Å². The second-order valence-electron chi connectivity index (χ2n) is 7.81. The van der Waals surface area contributed by atoms with E-state index in [0.29, 0.717) is 18.5 Å². The van der Waals surface area contributed by atoms with Gasteiger partial charge in [0.2, 0.25) is 5.91 Å². The van der Waals surface area contributed by atoms with Gasteiger partial charge >= 0.3 is 0 Å². The number of hydrogen-bond acceptors (Lipinski definition) is 4. The summed E-state index contributed by atoms with van der Waals surface area (Å²) >= 11 is 0. The molecule has 2 aliphatic rings. The lowest BCUT2D eigenvalue weighted by molar-refractivity contribution is -0.138. The number of carbonyl (C=O) groups is 1. The number of piperidine rings is 1. The van der Waals surface area contributed by atoms with Crippen molar-refractivity contribution in [2.45, 2.75) is 70.2 Å². The van der Waals surface area contributed by atoms with Gasteiger partial charge in [0, 0.05) is 56.1 Å². The van der Waals surface area contributed by atoms with Crippen molar-refractivity contribution in [1.82, 2.24) is 29.8 Å². The third-order valence-electron chi connectivity index (χ3n) is 5.49. The van der Waals surface area contributed by atoms with Crippen LogP contribution in [0.25, 0.3) is 0 Å². The van der Waals surface area contributed by atoms with Crippen molar-refractivity contribution in [3.05, 3.63) is 35.9 Å². The molecule has 7 heteroatoms. The highest BCUT2D eigenvalue weighted by molar-refractivity contribution is 5.78. The molecule has 0 radical (unpaired) electrons. The molecular formula is C19H28N6O. The van der Waals surface area contributed by atoms with Crippen molar-refractivity contribution in [3.63, 3.8) is 0 Å². The van der Waals surface area contributed by atoms with E-state index in [1.165, 1.54) is 5.56 Å². The largest absolute Gasteiger partial charge is 0.330 e. The highest BCUT2D eigenvalue weighted by Gasteiger charge is 2.45. The average molecular weight is 356 g/mol. The summed E-state index contributed by atoms with van der Waals surface area (Å²) in [6, 6.07) is 3.09. The Morgan fingerprint density at radius 1 is 1.27 bits per heavy atom. The molecule has 1 aliphatic heterocycles. The molecule has 1 amide bonds. The van der Waals surface area contributed by atoms with Crippen molar-refractivity contribution in [1.29, 1.82) is 0 Å². The van der Waals surface area contributed by atoms with Gasteiger partial charge in [-0.3, -0.25) is 14.2 Å². The zero-order chi connectivity index (χ0) is 18.3. The maximum atomic E-state index is 12.6. The van der Waals surface area contributed by atoms with E-state index in [-0.39, 0.29) is 18.0 Å². The zero-order valence-corrected chi connectivity index (χ0v) is 15.8. The molecule has 140 valence electrons. The van der Waals surface area contributed by atoms with Crippen LogP contribution in [0.15, 0.2) is 24.7 Å². The molecule has 1 saturated heterocycles. The summed E-state index contributed by atoms with van der Waals surface area (Å²) in [4.78, 5) is 14.8. The van der Waals surface area contributed by atoms with Crippen molar-refractivity contribution in [3.8, 4) is 0 Å². The Morgan fingerprint density at radius 2 is 2.08 bits per heavy atom. The third kappa shape index (κ3) is 3.28. The van der Waals surface area contributed by atoms with Gasteiger partial charge in [0.15, 0.2) is 0 Å². The summed E-state index contributed by atoms with van der Waals surface area (Å²) in [6.07, 6.45) is 9.57. The number of aromatic nitrogens is 4. The standard InChI is InChI=1S/C19H28N6O/c1-13(2)24-12-14(11-22-24)10-20-16-6-7-18(26)25(15-4-5-15)19(16)17-8-9-21-23(17)3/h8-9,11-13,15-16,19-20H,4-7,10H2,1-3H3/t16-,19-/m1/s1. The van der Waals surface area contributed by atoms with Crippen molar-refractivity contribution < 1.29 is 4.79 Å². The van der Waals surface area contributed by atoms with Gasteiger partial charge in [-0.2, -0.15) is 10.2 Å². The molecule has 1 saturated carbocycles. The predicted molar refractivity (Wildman–Crippen MR) is 98.3 cm³/mol. The predicted octanol–water partition coefficient (Wildman–Crippen LogP) is 2.18. The molecule has 2 fully saturated rings. The fourth-order valence-electron chi connectivity index (χ4n) is 3.93. The Balaban J connectivity index is 1.54. The second kappa shape index (κ2) is 6.87. The van der Waals surface area contributed by atoms with Gasteiger partial charge in [-0.1, -0.05) is 0 Å². The summed E-state index contributed by atoms with van der Waals surface area (Å²) in [5, 5.41) is 12.5. The van der Waals surface area contributed by atoms with Crippen molar-refractivity contribution in [2.24, 2.45) is 7.05 Å². The van der Waals surface area contributed by atoms with Gasteiger partial charge in [0.25, 0.3) is 0 Å². The molecule has 0 aromatic carbocycles. The first-order valence-corrected chi connectivity index (χ1v) is 9.60. The third-order valence-corrected chi connectivity index (χ3v) is 5.49. The van der Waals surface area contributed by atoms with Crippen LogP contribution in [-0.4, -0.2) is 42.5 Å². The van der Waals surface area contributed by atoms with E-state index in [4.69, 9.17) is 0 Å². The Morgan fingerprint density at radius 3 is 2.69 bits per heavy atom. The summed E-state index contributed by atoms with van der Waals surface area (Å²) in [5.74, 6) is 0.282. The lowest BCUT2D eigenvalue weighted by atomic mass is 9.92. The highest BCUT2D eigenvalue weighted by Crippen LogP contribution is 2.40. The van der Waals surface area contributed by atoms with E-state index in [1.807, 2.05) is 34.9 Å². The van der Waals surface area contributed by atoms with E-state index < -0.39 is 0 Å². The smallest absolute Gasteiger partial charge is 0.223 e. The molecule has 1 N–H and O–H groups in total. The maximum absolute atomic E-state index is 12.6. The molecule has 0 spiro atoms. The number of carbonyl (C=O) groups excluding carboxylic acids is 1. The quantitative estimate of drug-likeness (QED) is 0.861. The van der Waals surface area contributed by atoms with Crippen LogP contribution in [0, 0.1) is 0 Å². The Kier molecular flexibility index (Phi) is 4.56. The fourth-order valence-corrected chi connectivity index (χ4v) is 3.93. The summed E-state index contributed by atoms with van der Waals surface area (Å²) in [5.41, 5.74) is 2.29. The van der Waals surface area contributed by atoms with Crippen molar-refractivity contribution >= 4 is 5.91 Å². The molecule has 3 heterocycles. The van der Waals surface area contributed by atoms with Gasteiger partial charge < -0.3 is 10.2 Å². The second-order valence-corrected chi connectivity index (χ2v) is 7.81. The van der Waals surface area contributed by atoms with Crippen LogP contribution >= 0.6 is 0 Å². The number of aryl methyl sites for hydroxylation is 1. The van der Waals surface area contributed by atoms with E-state index in [9.17, 15) is 4.79 Å². The van der Waals surface area contributed by atoms with E-state index in [0.717, 1.165) is 31.5 Å². The number of rotatable bonds is 6. The number of nitrogens with one attached hydrogen (secondary N) is 1. The van der Waals surface area contributed by atoms with Crippen LogP contribution < -0.4 is 5.32 Å². The first kappa shape index (κ1) is 17.3. The maximum Gasteiger partial charge on any atom is 0.223 e. The minimum Gasteiger partial charge on any atom is -0.330 e. The molecule has 1 aliphatic carbocycles. The normalized spacial score (nSPS) is 23.8. The van der Waals surface area contributed by atoms with Crippen LogP contribution in [0.5, 0.6) is 0 Å². The molecule has 0 unspecified atom stereocenters. The SMILES string of the molecule is CC(C)n1cc(CN[C@@H]2CCC(=O)N(C3CC3)[C@H]2c2ccnn2C)cn1. The lowest BCUT2D eigenvalue weighted by Gasteiger charge is -2.42. The highest BCUT2D eigenvalue weighted by atomic mass is 16.2. The van der Waals surface area contributed by atoms with Gasteiger partial charge in [-0.25, -0.2) is 0 Å². The van der Waals surface area contributed by atoms with Crippen LogP contribution in [0.3, 0.4) is 0 Å². The molecule has 0 bridgehead atoms. The van der Waals surface area contributed by atoms with Gasteiger partial charge in [-0.15, -0.1) is 0 Å². The summed E-state index contributed by atoms with van der Waals surface area (Å²) in [7, 11) is 1.96. The zero-order valence-electron chi connectivity index (χ0n) is 15.8. The van der Waals surface area contributed by atoms with Crippen LogP contribution in [0.4, 0.5) is 0 Å². The molecule has 2 atom stereocenters. The minimum absolute atomic E-state index is 0.0522. The monoisotopic (exact) mass is 356 g/mol. The molecule has 2 aromatic rings. The molecular weight excluding hydrogens is 328 g/mol. The molecule has 2 aromatic heterocycles. The average Bonchev–Trinajstić information content (AvgIpc) is 3.17. The molecule has 26 heavy (non-hydrogen) atoms. The minimum atomic E-state index is 0.0522. The van der Waals surface area contributed by atoms with E-state index in [2.05, 4.69) is 40.5 Å². The Hall–Kier alpha value is -2.15. The van der Waals surface area contributed by atoms with Gasteiger partial charge in [0.1, 0.15) is 0 Å². The Labute approximate surface area is 154 Å². The Bertz CT molecular complexity index is 775. The number of likely N-dealkylation sites (tertiary alicyclic amines) is 1.